The fraction of sp³-hybridized carbons (Fsp3) is 0.733. The van der Waals surface area contributed by atoms with Gasteiger partial charge in [0, 0.05) is 31.6 Å². The molecule has 0 N–H and O–H groups in total. The molecule has 0 atom stereocenters. The van der Waals surface area contributed by atoms with Crippen molar-refractivity contribution in [3.05, 3.63) is 22.6 Å². The fourth-order valence-electron chi connectivity index (χ4n) is 2.63. The predicted octanol–water partition coefficient (Wildman–Crippen LogP) is 3.03. The summed E-state index contributed by atoms with van der Waals surface area (Å²) in [5, 5.41) is 4.31. The molecular formula is C15H24ClN3O. The first-order chi connectivity index (χ1) is 9.81. The van der Waals surface area contributed by atoms with Crippen LogP contribution in [0.1, 0.15) is 44.9 Å². The van der Waals surface area contributed by atoms with Crippen molar-refractivity contribution in [2.45, 2.75) is 51.5 Å². The molecule has 0 spiro atoms. The first kappa shape index (κ1) is 15.4. The van der Waals surface area contributed by atoms with E-state index in [1.165, 1.54) is 19.3 Å². The molecule has 4 nitrogen and oxygen atoms in total. The Hall–Kier alpha value is -1.03. The van der Waals surface area contributed by atoms with Gasteiger partial charge in [0.1, 0.15) is 0 Å². The molecule has 0 bridgehead atoms. The highest BCUT2D eigenvalue weighted by molar-refractivity contribution is 6.17. The van der Waals surface area contributed by atoms with Gasteiger partial charge in [-0.15, -0.1) is 11.6 Å². The van der Waals surface area contributed by atoms with Crippen molar-refractivity contribution in [3.63, 3.8) is 0 Å². The highest BCUT2D eigenvalue weighted by atomic mass is 35.5. The normalized spacial score (nSPS) is 15.6. The largest absolute Gasteiger partial charge is 0.370 e. The summed E-state index contributed by atoms with van der Waals surface area (Å²) in [6.45, 7) is 2.80. The zero-order chi connectivity index (χ0) is 14.2. The molecule has 0 aliphatic carbocycles. The number of anilines is 1. The Morgan fingerprint density at radius 3 is 2.55 bits per heavy atom. The molecule has 1 aliphatic rings. The standard InChI is InChI=1S/C15H24ClN3O/c16-8-4-1-2-7-11-19-15(20)12-14(13-17-19)18-9-5-3-6-10-18/h12-13H,1-11H2. The van der Waals surface area contributed by atoms with E-state index in [0.717, 1.165) is 50.3 Å². The molecule has 1 aliphatic heterocycles. The van der Waals surface area contributed by atoms with Gasteiger partial charge >= 0.3 is 0 Å². The molecule has 1 aromatic heterocycles. The van der Waals surface area contributed by atoms with E-state index in [1.807, 2.05) is 6.20 Å². The lowest BCUT2D eigenvalue weighted by atomic mass is 10.1. The van der Waals surface area contributed by atoms with Crippen LogP contribution in [-0.2, 0) is 6.54 Å². The van der Waals surface area contributed by atoms with E-state index in [4.69, 9.17) is 11.6 Å². The van der Waals surface area contributed by atoms with Crippen molar-refractivity contribution in [2.24, 2.45) is 0 Å². The van der Waals surface area contributed by atoms with Crippen LogP contribution >= 0.6 is 11.6 Å². The van der Waals surface area contributed by atoms with Crippen LogP contribution in [0.15, 0.2) is 17.1 Å². The molecule has 112 valence electrons. The Morgan fingerprint density at radius 1 is 1.10 bits per heavy atom. The average Bonchev–Trinajstić information content (AvgIpc) is 2.49. The smallest absolute Gasteiger partial charge is 0.268 e. The van der Waals surface area contributed by atoms with Crippen molar-refractivity contribution in [2.75, 3.05) is 23.9 Å². The molecule has 5 heteroatoms. The highest BCUT2D eigenvalue weighted by Crippen LogP contribution is 2.16. The van der Waals surface area contributed by atoms with E-state index in [9.17, 15) is 4.79 Å². The Morgan fingerprint density at radius 2 is 1.85 bits per heavy atom. The average molecular weight is 298 g/mol. The third-order valence-corrected chi connectivity index (χ3v) is 4.10. The number of halogens is 1. The van der Waals surface area contributed by atoms with Crippen LogP contribution in [0.2, 0.25) is 0 Å². The lowest BCUT2D eigenvalue weighted by molar-refractivity contribution is 0.516. The maximum absolute atomic E-state index is 12.1. The number of hydrogen-bond donors (Lipinski definition) is 0. The molecular weight excluding hydrogens is 274 g/mol. The summed E-state index contributed by atoms with van der Waals surface area (Å²) >= 11 is 5.64. The van der Waals surface area contributed by atoms with Gasteiger partial charge in [0.05, 0.1) is 11.9 Å². The summed E-state index contributed by atoms with van der Waals surface area (Å²) in [5.74, 6) is 0.725. The summed E-state index contributed by atoms with van der Waals surface area (Å²) in [6, 6.07) is 1.73. The Labute approximate surface area is 125 Å². The molecule has 0 radical (unpaired) electrons. The van der Waals surface area contributed by atoms with E-state index < -0.39 is 0 Å². The summed E-state index contributed by atoms with van der Waals surface area (Å²) in [7, 11) is 0. The first-order valence-corrected chi connectivity index (χ1v) is 8.23. The van der Waals surface area contributed by atoms with Gasteiger partial charge in [0.2, 0.25) is 0 Å². The molecule has 0 saturated carbocycles. The summed E-state index contributed by atoms with van der Waals surface area (Å²) in [4.78, 5) is 14.3. The maximum Gasteiger partial charge on any atom is 0.268 e. The van der Waals surface area contributed by atoms with Crippen LogP contribution in [0.25, 0.3) is 0 Å². The number of unbranched alkanes of at least 4 members (excludes halogenated alkanes) is 3. The molecule has 1 saturated heterocycles. The number of aryl methyl sites for hydroxylation is 1. The lowest BCUT2D eigenvalue weighted by Gasteiger charge is -2.28. The van der Waals surface area contributed by atoms with E-state index in [-0.39, 0.29) is 5.56 Å². The molecule has 2 heterocycles. The zero-order valence-electron chi connectivity index (χ0n) is 12.1. The highest BCUT2D eigenvalue weighted by Gasteiger charge is 2.12. The lowest BCUT2D eigenvalue weighted by Crippen LogP contribution is -2.32. The van der Waals surface area contributed by atoms with Gasteiger partial charge in [-0.05, 0) is 32.1 Å². The van der Waals surface area contributed by atoms with E-state index in [0.29, 0.717) is 6.54 Å². The van der Waals surface area contributed by atoms with Crippen LogP contribution in [0.4, 0.5) is 5.69 Å². The number of hydrogen-bond acceptors (Lipinski definition) is 3. The van der Waals surface area contributed by atoms with Gasteiger partial charge in [0.15, 0.2) is 0 Å². The van der Waals surface area contributed by atoms with Gasteiger partial charge in [-0.2, -0.15) is 5.10 Å². The van der Waals surface area contributed by atoms with Crippen LogP contribution in [0, 0.1) is 0 Å². The number of alkyl halides is 1. The Balaban J connectivity index is 1.87. The fourth-order valence-corrected chi connectivity index (χ4v) is 2.82. The van der Waals surface area contributed by atoms with Gasteiger partial charge in [0.25, 0.3) is 5.56 Å². The molecule has 0 amide bonds. The quantitative estimate of drug-likeness (QED) is 0.573. The van der Waals surface area contributed by atoms with E-state index in [2.05, 4.69) is 10.00 Å². The molecule has 0 aromatic carbocycles. The predicted molar refractivity (Wildman–Crippen MR) is 83.7 cm³/mol. The molecule has 1 aromatic rings. The summed E-state index contributed by atoms with van der Waals surface area (Å²) in [6.07, 6.45) is 9.84. The molecule has 2 rings (SSSR count). The maximum atomic E-state index is 12.1. The van der Waals surface area contributed by atoms with Crippen LogP contribution in [0.3, 0.4) is 0 Å². The van der Waals surface area contributed by atoms with Crippen molar-refractivity contribution < 1.29 is 0 Å². The van der Waals surface area contributed by atoms with Gasteiger partial charge in [-0.3, -0.25) is 4.79 Å². The van der Waals surface area contributed by atoms with Crippen molar-refractivity contribution >= 4 is 17.3 Å². The molecule has 20 heavy (non-hydrogen) atoms. The first-order valence-electron chi connectivity index (χ1n) is 7.69. The molecule has 1 fully saturated rings. The third kappa shape index (κ3) is 4.51. The van der Waals surface area contributed by atoms with Gasteiger partial charge in [-0.1, -0.05) is 12.8 Å². The van der Waals surface area contributed by atoms with Crippen LogP contribution in [-0.4, -0.2) is 28.8 Å². The van der Waals surface area contributed by atoms with Gasteiger partial charge in [-0.25, -0.2) is 4.68 Å². The van der Waals surface area contributed by atoms with Crippen molar-refractivity contribution in [3.8, 4) is 0 Å². The minimum Gasteiger partial charge on any atom is -0.370 e. The van der Waals surface area contributed by atoms with Crippen LogP contribution in [0.5, 0.6) is 0 Å². The molecule has 0 unspecified atom stereocenters. The number of aromatic nitrogens is 2. The van der Waals surface area contributed by atoms with Crippen molar-refractivity contribution in [1.82, 2.24) is 9.78 Å². The second-order valence-corrected chi connectivity index (χ2v) is 5.80. The van der Waals surface area contributed by atoms with E-state index in [1.54, 1.807) is 10.7 Å². The summed E-state index contributed by atoms with van der Waals surface area (Å²) in [5.41, 5.74) is 0.999. The Kier molecular flexibility index (Phi) is 6.37. The zero-order valence-corrected chi connectivity index (χ0v) is 12.8. The van der Waals surface area contributed by atoms with E-state index >= 15 is 0 Å². The van der Waals surface area contributed by atoms with Crippen molar-refractivity contribution in [1.29, 1.82) is 0 Å². The van der Waals surface area contributed by atoms with Gasteiger partial charge < -0.3 is 4.90 Å². The Bertz CT molecular complexity index is 455. The second kappa shape index (κ2) is 8.30. The number of nitrogens with zero attached hydrogens (tertiary/aromatic N) is 3. The SMILES string of the molecule is O=c1cc(N2CCCCC2)cnn1CCCCCCCl. The third-order valence-electron chi connectivity index (χ3n) is 3.83. The minimum absolute atomic E-state index is 0.0189. The van der Waals surface area contributed by atoms with Crippen LogP contribution < -0.4 is 10.5 Å². The number of rotatable bonds is 7. The monoisotopic (exact) mass is 297 g/mol. The minimum atomic E-state index is 0.0189. The second-order valence-electron chi connectivity index (χ2n) is 5.43. The number of piperidine rings is 1. The topological polar surface area (TPSA) is 38.1 Å². The summed E-state index contributed by atoms with van der Waals surface area (Å²) < 4.78 is 1.58.